The number of amides is 1. The van der Waals surface area contributed by atoms with Gasteiger partial charge in [-0.3, -0.25) is 9.59 Å². The van der Waals surface area contributed by atoms with Gasteiger partial charge in [-0.05, 0) is 43.5 Å². The molecule has 0 spiro atoms. The van der Waals surface area contributed by atoms with Crippen molar-refractivity contribution in [2.24, 2.45) is 0 Å². The van der Waals surface area contributed by atoms with Crippen LogP contribution < -0.4 is 9.80 Å². The zero-order valence-corrected chi connectivity index (χ0v) is 11.0. The van der Waals surface area contributed by atoms with Crippen molar-refractivity contribution in [2.45, 2.75) is 25.7 Å². The lowest BCUT2D eigenvalue weighted by Crippen LogP contribution is -2.29. The Hall–Kier alpha value is -1.84. The minimum atomic E-state index is -0.370. The van der Waals surface area contributed by atoms with Gasteiger partial charge in [0.05, 0.1) is 0 Å². The summed E-state index contributed by atoms with van der Waals surface area (Å²) in [6.07, 6.45) is 4.16. The quantitative estimate of drug-likeness (QED) is 0.762. The van der Waals surface area contributed by atoms with Crippen LogP contribution in [0, 0.1) is 0 Å². The minimum Gasteiger partial charge on any atom is -0.372 e. The van der Waals surface area contributed by atoms with Gasteiger partial charge in [0.15, 0.2) is 0 Å². The van der Waals surface area contributed by atoms with Crippen LogP contribution >= 0.6 is 0 Å². The first kappa shape index (κ1) is 12.2. The fourth-order valence-corrected chi connectivity index (χ4v) is 2.81. The number of ketones is 1. The number of benzene rings is 1. The highest BCUT2D eigenvalue weighted by Crippen LogP contribution is 2.25. The Kier molecular flexibility index (Phi) is 3.23. The summed E-state index contributed by atoms with van der Waals surface area (Å²) in [5.74, 6) is -0.647. The van der Waals surface area contributed by atoms with Crippen LogP contribution in [0.3, 0.4) is 0 Å². The van der Waals surface area contributed by atoms with E-state index in [4.69, 9.17) is 0 Å². The van der Waals surface area contributed by atoms with Crippen LogP contribution in [0.1, 0.15) is 25.7 Å². The standard InChI is InChI=1S/C15H18N2O2/c18-14-8-11-17(15(14)19)13-6-4-12(5-7-13)16-9-2-1-3-10-16/h4-7H,1-3,8-11H2. The number of carbonyl (C=O) groups excluding carboxylic acids is 2. The molecule has 2 saturated heterocycles. The van der Waals surface area contributed by atoms with E-state index in [1.165, 1.54) is 24.9 Å². The van der Waals surface area contributed by atoms with Crippen molar-refractivity contribution in [3.05, 3.63) is 24.3 Å². The van der Waals surface area contributed by atoms with Gasteiger partial charge in [-0.2, -0.15) is 0 Å². The smallest absolute Gasteiger partial charge is 0.294 e. The van der Waals surface area contributed by atoms with Gasteiger partial charge in [-0.15, -0.1) is 0 Å². The monoisotopic (exact) mass is 258 g/mol. The van der Waals surface area contributed by atoms with E-state index >= 15 is 0 Å². The number of nitrogens with zero attached hydrogens (tertiary/aromatic N) is 2. The predicted octanol–water partition coefficient (Wildman–Crippen LogP) is 1.98. The largest absolute Gasteiger partial charge is 0.372 e. The zero-order valence-electron chi connectivity index (χ0n) is 11.0. The average molecular weight is 258 g/mol. The highest BCUT2D eigenvalue weighted by molar-refractivity contribution is 6.43. The first-order chi connectivity index (χ1) is 9.25. The van der Waals surface area contributed by atoms with Crippen LogP contribution in [0.15, 0.2) is 24.3 Å². The Morgan fingerprint density at radius 1 is 0.789 bits per heavy atom. The summed E-state index contributed by atoms with van der Waals surface area (Å²) < 4.78 is 0. The van der Waals surface area contributed by atoms with Crippen LogP contribution in [0.4, 0.5) is 11.4 Å². The Bertz CT molecular complexity index is 489. The van der Waals surface area contributed by atoms with Crippen molar-refractivity contribution < 1.29 is 9.59 Å². The highest BCUT2D eigenvalue weighted by Gasteiger charge is 2.30. The summed E-state index contributed by atoms with van der Waals surface area (Å²) in [6, 6.07) is 7.99. The van der Waals surface area contributed by atoms with Crippen LogP contribution in [0.25, 0.3) is 0 Å². The number of hydrogen-bond donors (Lipinski definition) is 0. The number of anilines is 2. The highest BCUT2D eigenvalue weighted by atomic mass is 16.2. The Morgan fingerprint density at radius 3 is 2.00 bits per heavy atom. The van der Waals surface area contributed by atoms with E-state index in [-0.39, 0.29) is 11.7 Å². The summed E-state index contributed by atoms with van der Waals surface area (Å²) in [5, 5.41) is 0. The molecule has 4 heteroatoms. The molecule has 1 aromatic carbocycles. The molecule has 1 amide bonds. The first-order valence-electron chi connectivity index (χ1n) is 6.95. The number of piperidine rings is 1. The Balaban J connectivity index is 1.75. The lowest BCUT2D eigenvalue weighted by atomic mass is 10.1. The van der Waals surface area contributed by atoms with Crippen LogP contribution in [-0.2, 0) is 9.59 Å². The predicted molar refractivity (Wildman–Crippen MR) is 74.5 cm³/mol. The Morgan fingerprint density at radius 2 is 1.42 bits per heavy atom. The van der Waals surface area contributed by atoms with Crippen molar-refractivity contribution in [2.75, 3.05) is 29.4 Å². The second-order valence-corrected chi connectivity index (χ2v) is 5.19. The molecular formula is C15H18N2O2. The van der Waals surface area contributed by atoms with E-state index in [1.54, 1.807) is 4.90 Å². The summed E-state index contributed by atoms with van der Waals surface area (Å²) in [4.78, 5) is 26.9. The summed E-state index contributed by atoms with van der Waals surface area (Å²) >= 11 is 0. The van der Waals surface area contributed by atoms with Crippen molar-refractivity contribution in [1.29, 1.82) is 0 Å². The molecule has 0 atom stereocenters. The fourth-order valence-electron chi connectivity index (χ4n) is 2.81. The van der Waals surface area contributed by atoms with Crippen LogP contribution in [0.2, 0.25) is 0 Å². The molecule has 0 aromatic heterocycles. The molecule has 3 rings (SSSR count). The van der Waals surface area contributed by atoms with Crippen LogP contribution in [-0.4, -0.2) is 31.3 Å². The summed E-state index contributed by atoms with van der Waals surface area (Å²) in [6.45, 7) is 2.74. The summed E-state index contributed by atoms with van der Waals surface area (Å²) in [7, 11) is 0. The SMILES string of the molecule is O=C1CCN(c2ccc(N3CCCCC3)cc2)C1=O. The summed E-state index contributed by atoms with van der Waals surface area (Å²) in [5.41, 5.74) is 2.04. The van der Waals surface area contributed by atoms with E-state index in [0.29, 0.717) is 13.0 Å². The lowest BCUT2D eigenvalue weighted by Gasteiger charge is -2.29. The molecule has 4 nitrogen and oxygen atoms in total. The normalized spacial score (nSPS) is 20.2. The van der Waals surface area contributed by atoms with Crippen LogP contribution in [0.5, 0.6) is 0 Å². The maximum atomic E-state index is 11.7. The molecule has 0 unspecified atom stereocenters. The third-order valence-electron chi connectivity index (χ3n) is 3.93. The third kappa shape index (κ3) is 2.35. The van der Waals surface area contributed by atoms with Crippen molar-refractivity contribution >= 4 is 23.1 Å². The molecule has 0 bridgehead atoms. The topological polar surface area (TPSA) is 40.6 Å². The molecule has 2 heterocycles. The van der Waals surface area contributed by atoms with Gasteiger partial charge in [0.1, 0.15) is 0 Å². The molecule has 1 aromatic rings. The van der Waals surface area contributed by atoms with E-state index in [2.05, 4.69) is 17.0 Å². The zero-order chi connectivity index (χ0) is 13.2. The molecule has 0 radical (unpaired) electrons. The van der Waals surface area contributed by atoms with E-state index < -0.39 is 0 Å². The molecule has 0 N–H and O–H groups in total. The van der Waals surface area contributed by atoms with Gasteiger partial charge in [0, 0.05) is 37.4 Å². The number of Topliss-reactive ketones (excluding diaryl/α,β-unsaturated/α-hetero) is 1. The lowest BCUT2D eigenvalue weighted by molar-refractivity contribution is -0.133. The maximum absolute atomic E-state index is 11.7. The molecule has 19 heavy (non-hydrogen) atoms. The second kappa shape index (κ2) is 5.03. The Labute approximate surface area is 113 Å². The van der Waals surface area contributed by atoms with Crippen molar-refractivity contribution in [3.8, 4) is 0 Å². The van der Waals surface area contributed by atoms with E-state index in [9.17, 15) is 9.59 Å². The van der Waals surface area contributed by atoms with E-state index in [1.807, 2.05) is 12.1 Å². The molecule has 0 aliphatic carbocycles. The van der Waals surface area contributed by atoms with Crippen molar-refractivity contribution in [3.63, 3.8) is 0 Å². The fraction of sp³-hybridized carbons (Fsp3) is 0.467. The van der Waals surface area contributed by atoms with Gasteiger partial charge in [0.25, 0.3) is 5.91 Å². The van der Waals surface area contributed by atoms with E-state index in [0.717, 1.165) is 18.8 Å². The molecule has 2 fully saturated rings. The molecule has 100 valence electrons. The number of hydrogen-bond acceptors (Lipinski definition) is 3. The van der Waals surface area contributed by atoms with Gasteiger partial charge >= 0.3 is 0 Å². The van der Waals surface area contributed by atoms with Gasteiger partial charge in [0.2, 0.25) is 5.78 Å². The van der Waals surface area contributed by atoms with Gasteiger partial charge in [-0.25, -0.2) is 0 Å². The first-order valence-corrected chi connectivity index (χ1v) is 6.95. The second-order valence-electron chi connectivity index (χ2n) is 5.19. The number of carbonyl (C=O) groups is 2. The molecule has 2 aliphatic heterocycles. The van der Waals surface area contributed by atoms with Gasteiger partial charge in [-0.1, -0.05) is 0 Å². The molecular weight excluding hydrogens is 240 g/mol. The maximum Gasteiger partial charge on any atom is 0.294 e. The average Bonchev–Trinajstić information content (AvgIpc) is 2.80. The molecule has 0 saturated carbocycles. The minimum absolute atomic E-state index is 0.278. The molecule has 2 aliphatic rings. The van der Waals surface area contributed by atoms with Gasteiger partial charge < -0.3 is 9.80 Å². The third-order valence-corrected chi connectivity index (χ3v) is 3.93. The number of rotatable bonds is 2. The van der Waals surface area contributed by atoms with Crippen molar-refractivity contribution in [1.82, 2.24) is 0 Å².